The molecule has 3 amide bonds. The molecule has 0 radical (unpaired) electrons. The van der Waals surface area contributed by atoms with Crippen molar-refractivity contribution >= 4 is 69.1 Å². The molecule has 3 N–H and O–H groups in total. The number of amides is 3. The smallest absolute Gasteiger partial charge is 0.276 e. The third kappa shape index (κ3) is 9.27. The van der Waals surface area contributed by atoms with Crippen molar-refractivity contribution in [3.05, 3.63) is 181 Å². The quantitative estimate of drug-likeness (QED) is 0.0449. The van der Waals surface area contributed by atoms with Crippen LogP contribution in [-0.4, -0.2) is 32.6 Å². The Balaban J connectivity index is 1.19. The van der Waals surface area contributed by atoms with E-state index in [4.69, 9.17) is 0 Å². The highest BCUT2D eigenvalue weighted by atomic mass is 32.2. The zero-order valence-electron chi connectivity index (χ0n) is 27.9. The number of aromatic nitrogens is 1. The standard InChI is InChI=1S/C39H28N6O7S2/c46-36(26-12-5-2-6-13-26)41-32(23-28-14-7-8-17-34(28)45(51)52)37(47)40-29-18-20-31(21-19-29)54-35(25-10-3-1-4-11-25)38(48)43-39-42-33(24-53-39)27-15-9-16-30(22-27)44(49)50/h1-24,35H,(H,40,47)(H,41,46)(H,42,43,48)/b32-23-. The fourth-order valence-electron chi connectivity index (χ4n) is 5.14. The van der Waals surface area contributed by atoms with Gasteiger partial charge in [-0.05, 0) is 54.1 Å². The van der Waals surface area contributed by atoms with E-state index < -0.39 is 26.9 Å². The zero-order valence-corrected chi connectivity index (χ0v) is 29.6. The Morgan fingerprint density at radius 1 is 0.759 bits per heavy atom. The van der Waals surface area contributed by atoms with Crippen molar-refractivity contribution in [1.82, 2.24) is 10.3 Å². The fraction of sp³-hybridized carbons (Fsp3) is 0.0256. The van der Waals surface area contributed by atoms with Crippen LogP contribution in [0.4, 0.5) is 22.2 Å². The van der Waals surface area contributed by atoms with Gasteiger partial charge in [-0.3, -0.25) is 34.6 Å². The predicted molar refractivity (Wildman–Crippen MR) is 208 cm³/mol. The van der Waals surface area contributed by atoms with Gasteiger partial charge < -0.3 is 16.0 Å². The summed E-state index contributed by atoms with van der Waals surface area (Å²) in [5.74, 6) is -1.64. The van der Waals surface area contributed by atoms with Crippen LogP contribution >= 0.6 is 23.1 Å². The van der Waals surface area contributed by atoms with E-state index in [1.165, 1.54) is 59.5 Å². The molecule has 54 heavy (non-hydrogen) atoms. The van der Waals surface area contributed by atoms with Crippen LogP contribution in [-0.2, 0) is 9.59 Å². The highest BCUT2D eigenvalue weighted by Crippen LogP contribution is 2.37. The summed E-state index contributed by atoms with van der Waals surface area (Å²) in [7, 11) is 0. The predicted octanol–water partition coefficient (Wildman–Crippen LogP) is 8.51. The topological polar surface area (TPSA) is 186 Å². The summed E-state index contributed by atoms with van der Waals surface area (Å²) in [4.78, 5) is 67.3. The van der Waals surface area contributed by atoms with E-state index in [1.54, 1.807) is 78.2 Å². The average molecular weight is 757 g/mol. The molecule has 0 saturated heterocycles. The summed E-state index contributed by atoms with van der Waals surface area (Å²) in [6, 6.07) is 36.0. The highest BCUT2D eigenvalue weighted by molar-refractivity contribution is 8.00. The third-order valence-corrected chi connectivity index (χ3v) is 9.78. The molecule has 15 heteroatoms. The molecule has 5 aromatic carbocycles. The summed E-state index contributed by atoms with van der Waals surface area (Å²) < 4.78 is 0. The molecule has 0 spiro atoms. The van der Waals surface area contributed by atoms with E-state index in [-0.39, 0.29) is 34.1 Å². The maximum Gasteiger partial charge on any atom is 0.276 e. The number of anilines is 2. The summed E-state index contributed by atoms with van der Waals surface area (Å²) in [6.07, 6.45) is 1.25. The van der Waals surface area contributed by atoms with Crippen molar-refractivity contribution in [2.75, 3.05) is 10.6 Å². The number of hydrogen-bond donors (Lipinski definition) is 3. The number of hydrogen-bond acceptors (Lipinski definition) is 10. The summed E-state index contributed by atoms with van der Waals surface area (Å²) >= 11 is 2.46. The molecular weight excluding hydrogens is 729 g/mol. The van der Waals surface area contributed by atoms with Gasteiger partial charge in [-0.25, -0.2) is 4.98 Å². The van der Waals surface area contributed by atoms with Gasteiger partial charge in [0, 0.05) is 45.3 Å². The van der Waals surface area contributed by atoms with Gasteiger partial charge >= 0.3 is 0 Å². The van der Waals surface area contributed by atoms with Gasteiger partial charge in [0.2, 0.25) is 5.91 Å². The second kappa shape index (κ2) is 17.0. The van der Waals surface area contributed by atoms with Crippen LogP contribution < -0.4 is 16.0 Å². The molecule has 0 aliphatic rings. The minimum atomic E-state index is -0.715. The van der Waals surface area contributed by atoms with Gasteiger partial charge in [0.25, 0.3) is 23.2 Å². The van der Waals surface area contributed by atoms with Gasteiger partial charge in [-0.1, -0.05) is 72.8 Å². The molecule has 13 nitrogen and oxygen atoms in total. The molecule has 1 aromatic heterocycles. The van der Waals surface area contributed by atoms with Crippen LogP contribution in [0.15, 0.2) is 149 Å². The molecule has 1 atom stereocenters. The summed E-state index contributed by atoms with van der Waals surface area (Å²) in [5, 5.41) is 32.4. The van der Waals surface area contributed by atoms with Gasteiger partial charge in [0.05, 0.1) is 21.1 Å². The lowest BCUT2D eigenvalue weighted by Gasteiger charge is -2.17. The van der Waals surface area contributed by atoms with Gasteiger partial charge in [-0.15, -0.1) is 23.1 Å². The second-order valence-corrected chi connectivity index (χ2v) is 13.5. The van der Waals surface area contributed by atoms with E-state index in [9.17, 15) is 34.6 Å². The van der Waals surface area contributed by atoms with E-state index in [2.05, 4.69) is 20.9 Å². The largest absolute Gasteiger partial charge is 0.321 e. The van der Waals surface area contributed by atoms with Crippen molar-refractivity contribution in [3.63, 3.8) is 0 Å². The average Bonchev–Trinajstić information content (AvgIpc) is 3.66. The number of thioether (sulfide) groups is 1. The van der Waals surface area contributed by atoms with Gasteiger partial charge in [0.1, 0.15) is 10.9 Å². The number of thiazole rings is 1. The Morgan fingerprint density at radius 2 is 1.44 bits per heavy atom. The molecule has 6 aromatic rings. The number of carbonyl (C=O) groups is 3. The molecule has 268 valence electrons. The zero-order chi connectivity index (χ0) is 38.0. The first-order chi connectivity index (χ1) is 26.1. The number of nitro benzene ring substituents is 2. The van der Waals surface area contributed by atoms with E-state index in [0.717, 1.165) is 5.56 Å². The number of nitro groups is 2. The first kappa shape index (κ1) is 36.8. The minimum absolute atomic E-state index is 0.0672. The number of rotatable bonds is 13. The van der Waals surface area contributed by atoms with Crippen molar-refractivity contribution in [2.24, 2.45) is 0 Å². The molecule has 0 saturated carbocycles. The van der Waals surface area contributed by atoms with Crippen molar-refractivity contribution in [2.45, 2.75) is 10.1 Å². The fourth-order valence-corrected chi connectivity index (χ4v) is 6.89. The number of benzene rings is 5. The number of nitrogens with one attached hydrogen (secondary N) is 3. The van der Waals surface area contributed by atoms with Crippen molar-refractivity contribution in [3.8, 4) is 11.3 Å². The molecular formula is C39H28N6O7S2. The van der Waals surface area contributed by atoms with Crippen LogP contribution in [0.1, 0.15) is 26.7 Å². The molecule has 0 aliphatic carbocycles. The van der Waals surface area contributed by atoms with Crippen LogP contribution in [0.2, 0.25) is 0 Å². The third-order valence-electron chi connectivity index (χ3n) is 7.76. The lowest BCUT2D eigenvalue weighted by atomic mass is 10.1. The monoisotopic (exact) mass is 756 g/mol. The first-order valence-corrected chi connectivity index (χ1v) is 17.9. The molecule has 6 rings (SSSR count). The van der Waals surface area contributed by atoms with Crippen LogP contribution in [0.5, 0.6) is 0 Å². The molecule has 0 aliphatic heterocycles. The lowest BCUT2D eigenvalue weighted by molar-refractivity contribution is -0.385. The van der Waals surface area contributed by atoms with E-state index >= 15 is 0 Å². The minimum Gasteiger partial charge on any atom is -0.321 e. The van der Waals surface area contributed by atoms with Crippen LogP contribution in [0, 0.1) is 20.2 Å². The van der Waals surface area contributed by atoms with Gasteiger partial charge in [0.15, 0.2) is 5.13 Å². The number of para-hydroxylation sites is 1. The Kier molecular flexibility index (Phi) is 11.6. The SMILES string of the molecule is O=C(Nc1ccc(SC(C(=O)Nc2nc(-c3cccc([N+](=O)[O-])c3)cs2)c2ccccc2)cc1)/C(=C/c1ccccc1[N+](=O)[O-])NC(=O)c1ccccc1. The van der Waals surface area contributed by atoms with E-state index in [0.29, 0.717) is 27.0 Å². The normalized spacial score (nSPS) is 11.6. The maximum atomic E-state index is 13.7. The maximum absolute atomic E-state index is 13.7. The number of nitrogens with zero attached hydrogens (tertiary/aromatic N) is 3. The van der Waals surface area contributed by atoms with Crippen LogP contribution in [0.3, 0.4) is 0 Å². The summed E-state index contributed by atoms with van der Waals surface area (Å²) in [5.41, 5.74) is 2.01. The Hall–Kier alpha value is -6.97. The molecule has 0 bridgehead atoms. The number of carbonyl (C=O) groups excluding carboxylic acids is 3. The Bertz CT molecular complexity index is 2370. The first-order valence-electron chi connectivity index (χ1n) is 16.1. The highest BCUT2D eigenvalue weighted by Gasteiger charge is 2.24. The Morgan fingerprint density at radius 3 is 2.15 bits per heavy atom. The van der Waals surface area contributed by atoms with E-state index in [1.807, 2.05) is 30.3 Å². The second-order valence-electron chi connectivity index (χ2n) is 11.4. The molecule has 1 heterocycles. The number of non-ortho nitro benzene ring substituents is 1. The van der Waals surface area contributed by atoms with Crippen LogP contribution in [0.25, 0.3) is 17.3 Å². The lowest BCUT2D eigenvalue weighted by Crippen LogP contribution is -2.30. The van der Waals surface area contributed by atoms with Crippen molar-refractivity contribution in [1.29, 1.82) is 0 Å². The van der Waals surface area contributed by atoms with Crippen molar-refractivity contribution < 1.29 is 24.2 Å². The molecule has 0 fully saturated rings. The van der Waals surface area contributed by atoms with Gasteiger partial charge in [-0.2, -0.15) is 0 Å². The Labute approximate surface area is 316 Å². The molecule has 1 unspecified atom stereocenters. The summed E-state index contributed by atoms with van der Waals surface area (Å²) in [6.45, 7) is 0.